The van der Waals surface area contributed by atoms with E-state index < -0.39 is 0 Å². The third kappa shape index (κ3) is 7.67. The van der Waals surface area contributed by atoms with E-state index in [-0.39, 0.29) is 18.0 Å². The number of hydrogen-bond acceptors (Lipinski definition) is 3. The van der Waals surface area contributed by atoms with Crippen LogP contribution in [0.3, 0.4) is 0 Å². The third-order valence-electron chi connectivity index (χ3n) is 3.41. The van der Waals surface area contributed by atoms with Crippen LogP contribution in [0.1, 0.15) is 47.5 Å². The minimum atomic E-state index is -0.108. The second-order valence-electron chi connectivity index (χ2n) is 5.42. The molecule has 0 rings (SSSR count). The fraction of sp³-hybridized carbons (Fsp3) is 0.929. The number of amides is 1. The Bertz CT molecular complexity index is 231. The van der Waals surface area contributed by atoms with Crippen molar-refractivity contribution in [1.82, 2.24) is 15.5 Å². The van der Waals surface area contributed by atoms with Crippen LogP contribution in [0.5, 0.6) is 0 Å². The van der Waals surface area contributed by atoms with Crippen LogP contribution in [0, 0.1) is 0 Å². The highest BCUT2D eigenvalue weighted by molar-refractivity contribution is 5.81. The Labute approximate surface area is 113 Å². The highest BCUT2D eigenvalue weighted by atomic mass is 16.2. The van der Waals surface area contributed by atoms with Gasteiger partial charge in [-0.05, 0) is 60.7 Å². The first kappa shape index (κ1) is 17.4. The minimum absolute atomic E-state index is 0.0987. The van der Waals surface area contributed by atoms with Crippen LogP contribution in [-0.2, 0) is 4.79 Å². The first-order valence-corrected chi connectivity index (χ1v) is 7.12. The molecule has 2 unspecified atom stereocenters. The Morgan fingerprint density at radius 3 is 2.33 bits per heavy atom. The molecule has 0 spiro atoms. The van der Waals surface area contributed by atoms with E-state index in [2.05, 4.69) is 43.4 Å². The maximum absolute atomic E-state index is 11.8. The van der Waals surface area contributed by atoms with Gasteiger partial charge >= 0.3 is 0 Å². The van der Waals surface area contributed by atoms with Crippen molar-refractivity contribution >= 4 is 5.91 Å². The second kappa shape index (κ2) is 9.34. The standard InChI is InChI=1S/C14H31N3O/c1-7-12(4)16-14(18)13(5)15-9-8-10-17(6)11(2)3/h11-13,15H,7-10H2,1-6H3,(H,16,18). The van der Waals surface area contributed by atoms with E-state index in [0.29, 0.717) is 6.04 Å². The van der Waals surface area contributed by atoms with Crippen LogP contribution in [0.25, 0.3) is 0 Å². The molecule has 0 aliphatic heterocycles. The van der Waals surface area contributed by atoms with Crippen LogP contribution in [0.15, 0.2) is 0 Å². The molecular formula is C14H31N3O. The summed E-state index contributed by atoms with van der Waals surface area (Å²) in [5, 5.41) is 6.25. The highest BCUT2D eigenvalue weighted by Crippen LogP contribution is 1.95. The number of hydrogen-bond donors (Lipinski definition) is 2. The summed E-state index contributed by atoms with van der Waals surface area (Å²) in [4.78, 5) is 14.1. The molecule has 2 N–H and O–H groups in total. The summed E-state index contributed by atoms with van der Waals surface area (Å²) >= 11 is 0. The van der Waals surface area contributed by atoms with Crippen molar-refractivity contribution in [1.29, 1.82) is 0 Å². The zero-order chi connectivity index (χ0) is 14.1. The summed E-state index contributed by atoms with van der Waals surface area (Å²) in [5.74, 6) is 0.0987. The quantitative estimate of drug-likeness (QED) is 0.617. The zero-order valence-electron chi connectivity index (χ0n) is 12.9. The molecule has 0 aromatic carbocycles. The van der Waals surface area contributed by atoms with Crippen LogP contribution in [0.4, 0.5) is 0 Å². The van der Waals surface area contributed by atoms with Crippen molar-refractivity contribution in [2.75, 3.05) is 20.1 Å². The largest absolute Gasteiger partial charge is 0.352 e. The molecule has 0 aliphatic rings. The predicted octanol–water partition coefficient (Wildman–Crippen LogP) is 1.61. The van der Waals surface area contributed by atoms with Gasteiger partial charge in [-0.1, -0.05) is 6.92 Å². The fourth-order valence-electron chi connectivity index (χ4n) is 1.47. The van der Waals surface area contributed by atoms with Gasteiger partial charge in [0.25, 0.3) is 0 Å². The fourth-order valence-corrected chi connectivity index (χ4v) is 1.47. The van der Waals surface area contributed by atoms with E-state index in [4.69, 9.17) is 0 Å². The molecule has 0 bridgehead atoms. The zero-order valence-corrected chi connectivity index (χ0v) is 12.9. The lowest BCUT2D eigenvalue weighted by Gasteiger charge is -2.22. The lowest BCUT2D eigenvalue weighted by molar-refractivity contribution is -0.123. The second-order valence-corrected chi connectivity index (χ2v) is 5.42. The number of nitrogens with one attached hydrogen (secondary N) is 2. The van der Waals surface area contributed by atoms with Gasteiger partial charge in [-0.3, -0.25) is 4.79 Å². The summed E-state index contributed by atoms with van der Waals surface area (Å²) in [5.41, 5.74) is 0. The van der Waals surface area contributed by atoms with Gasteiger partial charge in [0.2, 0.25) is 5.91 Å². The molecule has 0 radical (unpaired) electrons. The first-order chi connectivity index (χ1) is 8.38. The van der Waals surface area contributed by atoms with Gasteiger partial charge in [-0.25, -0.2) is 0 Å². The molecule has 18 heavy (non-hydrogen) atoms. The van der Waals surface area contributed by atoms with E-state index in [0.717, 1.165) is 25.9 Å². The van der Waals surface area contributed by atoms with E-state index in [1.807, 2.05) is 13.8 Å². The summed E-state index contributed by atoms with van der Waals surface area (Å²) in [6.07, 6.45) is 2.03. The Kier molecular flexibility index (Phi) is 9.02. The molecule has 0 saturated carbocycles. The molecule has 1 amide bonds. The SMILES string of the molecule is CCC(C)NC(=O)C(C)NCCCN(C)C(C)C. The molecule has 0 aromatic heterocycles. The lowest BCUT2D eigenvalue weighted by Crippen LogP contribution is -2.45. The molecule has 0 aliphatic carbocycles. The summed E-state index contributed by atoms with van der Waals surface area (Å²) in [6, 6.07) is 0.730. The van der Waals surface area contributed by atoms with E-state index in [9.17, 15) is 4.79 Å². The van der Waals surface area contributed by atoms with Gasteiger partial charge in [0.05, 0.1) is 6.04 Å². The van der Waals surface area contributed by atoms with Gasteiger partial charge in [-0.2, -0.15) is 0 Å². The monoisotopic (exact) mass is 257 g/mol. The van der Waals surface area contributed by atoms with Gasteiger partial charge < -0.3 is 15.5 Å². The van der Waals surface area contributed by atoms with E-state index >= 15 is 0 Å². The number of rotatable bonds is 9. The molecule has 108 valence electrons. The van der Waals surface area contributed by atoms with Gasteiger partial charge in [-0.15, -0.1) is 0 Å². The molecule has 4 heteroatoms. The third-order valence-corrected chi connectivity index (χ3v) is 3.41. The van der Waals surface area contributed by atoms with Crippen LogP contribution >= 0.6 is 0 Å². The Hall–Kier alpha value is -0.610. The molecular weight excluding hydrogens is 226 g/mol. The van der Waals surface area contributed by atoms with Crippen molar-refractivity contribution in [2.45, 2.75) is 65.6 Å². The van der Waals surface area contributed by atoms with Gasteiger partial charge in [0.15, 0.2) is 0 Å². The number of carbonyl (C=O) groups excluding carboxylic acids is 1. The maximum Gasteiger partial charge on any atom is 0.237 e. The van der Waals surface area contributed by atoms with Crippen LogP contribution in [-0.4, -0.2) is 49.1 Å². The molecule has 4 nitrogen and oxygen atoms in total. The van der Waals surface area contributed by atoms with Crippen molar-refractivity contribution in [3.63, 3.8) is 0 Å². The summed E-state index contributed by atoms with van der Waals surface area (Å²) in [7, 11) is 2.13. The molecule has 0 saturated heterocycles. The lowest BCUT2D eigenvalue weighted by atomic mass is 10.2. The topological polar surface area (TPSA) is 44.4 Å². The number of nitrogens with zero attached hydrogens (tertiary/aromatic N) is 1. The average molecular weight is 257 g/mol. The predicted molar refractivity (Wildman–Crippen MR) is 77.7 cm³/mol. The van der Waals surface area contributed by atoms with Crippen molar-refractivity contribution in [3.8, 4) is 0 Å². The molecule has 2 atom stereocenters. The Balaban J connectivity index is 3.70. The minimum Gasteiger partial charge on any atom is -0.352 e. The van der Waals surface area contributed by atoms with Crippen molar-refractivity contribution in [2.24, 2.45) is 0 Å². The van der Waals surface area contributed by atoms with Crippen molar-refractivity contribution < 1.29 is 4.79 Å². The normalized spacial score (nSPS) is 14.9. The van der Waals surface area contributed by atoms with Crippen LogP contribution < -0.4 is 10.6 Å². The Morgan fingerprint density at radius 1 is 1.22 bits per heavy atom. The first-order valence-electron chi connectivity index (χ1n) is 7.12. The molecule has 0 aromatic rings. The Morgan fingerprint density at radius 2 is 1.83 bits per heavy atom. The molecule has 0 fully saturated rings. The summed E-state index contributed by atoms with van der Waals surface area (Å²) < 4.78 is 0. The molecule has 0 heterocycles. The smallest absolute Gasteiger partial charge is 0.237 e. The van der Waals surface area contributed by atoms with E-state index in [1.54, 1.807) is 0 Å². The van der Waals surface area contributed by atoms with Crippen LogP contribution in [0.2, 0.25) is 0 Å². The van der Waals surface area contributed by atoms with Gasteiger partial charge in [0, 0.05) is 12.1 Å². The average Bonchev–Trinajstić information content (AvgIpc) is 2.33. The van der Waals surface area contributed by atoms with Crippen molar-refractivity contribution in [3.05, 3.63) is 0 Å². The number of carbonyl (C=O) groups is 1. The van der Waals surface area contributed by atoms with Gasteiger partial charge in [0.1, 0.15) is 0 Å². The highest BCUT2D eigenvalue weighted by Gasteiger charge is 2.13. The van der Waals surface area contributed by atoms with E-state index in [1.165, 1.54) is 0 Å². The summed E-state index contributed by atoms with van der Waals surface area (Å²) in [6.45, 7) is 12.3. The maximum atomic E-state index is 11.8.